The van der Waals surface area contributed by atoms with E-state index in [0.29, 0.717) is 0 Å². The number of anilines is 1. The highest BCUT2D eigenvalue weighted by molar-refractivity contribution is 5.46. The van der Waals surface area contributed by atoms with Crippen LogP contribution in [0.4, 0.5) is 10.1 Å². The number of halogens is 1. The van der Waals surface area contributed by atoms with Crippen LogP contribution in [0.5, 0.6) is 0 Å². The Morgan fingerprint density at radius 1 is 1.40 bits per heavy atom. The Morgan fingerprint density at radius 3 is 2.80 bits per heavy atom. The van der Waals surface area contributed by atoms with Crippen molar-refractivity contribution in [2.45, 2.75) is 13.3 Å². The van der Waals surface area contributed by atoms with Gasteiger partial charge < -0.3 is 10.2 Å². The summed E-state index contributed by atoms with van der Waals surface area (Å²) in [5.41, 5.74) is 0.966. The Morgan fingerprint density at radius 2 is 2.20 bits per heavy atom. The number of nitrogens with one attached hydrogen (secondary N) is 1. The fourth-order valence-electron chi connectivity index (χ4n) is 1.59. The van der Waals surface area contributed by atoms with Gasteiger partial charge in [-0.3, -0.25) is 0 Å². The fourth-order valence-corrected chi connectivity index (χ4v) is 1.59. The van der Waals surface area contributed by atoms with Crippen LogP contribution in [0.2, 0.25) is 0 Å². The van der Waals surface area contributed by atoms with E-state index in [1.165, 1.54) is 6.07 Å². The second-order valence-electron chi connectivity index (χ2n) is 3.52. The van der Waals surface area contributed by atoms with Crippen LogP contribution in [0.25, 0.3) is 0 Å². The summed E-state index contributed by atoms with van der Waals surface area (Å²) >= 11 is 0. The topological polar surface area (TPSA) is 15.3 Å². The molecule has 84 valence electrons. The summed E-state index contributed by atoms with van der Waals surface area (Å²) in [4.78, 5) is 2.18. The third kappa shape index (κ3) is 3.88. The molecule has 0 atom stereocenters. The highest BCUT2D eigenvalue weighted by Crippen LogP contribution is 2.15. The van der Waals surface area contributed by atoms with Crippen molar-refractivity contribution in [3.8, 4) is 0 Å². The lowest BCUT2D eigenvalue weighted by atomic mass is 10.2. The van der Waals surface area contributed by atoms with Gasteiger partial charge in [-0.1, -0.05) is 6.07 Å². The molecule has 0 radical (unpaired) electrons. The molecular weight excluding hydrogens is 191 g/mol. The first-order valence-electron chi connectivity index (χ1n) is 5.43. The van der Waals surface area contributed by atoms with Gasteiger partial charge in [-0.2, -0.15) is 0 Å². The minimum absolute atomic E-state index is 0.167. The highest BCUT2D eigenvalue weighted by atomic mass is 19.1. The summed E-state index contributed by atoms with van der Waals surface area (Å²) in [7, 11) is 1.94. The zero-order chi connectivity index (χ0) is 11.1. The van der Waals surface area contributed by atoms with Gasteiger partial charge in [0.1, 0.15) is 5.82 Å². The van der Waals surface area contributed by atoms with Gasteiger partial charge in [-0.15, -0.1) is 0 Å². The molecule has 1 N–H and O–H groups in total. The predicted octanol–water partition coefficient (Wildman–Crippen LogP) is 2.26. The van der Waals surface area contributed by atoms with Crippen LogP contribution in [0.3, 0.4) is 0 Å². The standard InChI is InChI=1S/C12H19FN2/c1-3-15(9-5-8-14-2)12-7-4-6-11(13)10-12/h4,6-7,10,14H,3,5,8-9H2,1-2H3. The number of rotatable bonds is 6. The summed E-state index contributed by atoms with van der Waals surface area (Å²) in [6.45, 7) is 4.95. The van der Waals surface area contributed by atoms with Crippen molar-refractivity contribution in [3.05, 3.63) is 30.1 Å². The first-order chi connectivity index (χ1) is 7.27. The van der Waals surface area contributed by atoms with Crippen molar-refractivity contribution in [2.24, 2.45) is 0 Å². The Kier molecular flexibility index (Phi) is 5.12. The highest BCUT2D eigenvalue weighted by Gasteiger charge is 2.03. The SMILES string of the molecule is CCN(CCCNC)c1cccc(F)c1. The second kappa shape index (κ2) is 6.40. The Balaban J connectivity index is 2.57. The lowest BCUT2D eigenvalue weighted by Gasteiger charge is -2.23. The third-order valence-electron chi connectivity index (χ3n) is 2.41. The van der Waals surface area contributed by atoms with E-state index in [0.717, 1.165) is 31.7 Å². The fraction of sp³-hybridized carbons (Fsp3) is 0.500. The number of benzene rings is 1. The maximum Gasteiger partial charge on any atom is 0.125 e. The maximum atomic E-state index is 13.0. The molecule has 0 saturated carbocycles. The number of nitrogens with zero attached hydrogens (tertiary/aromatic N) is 1. The van der Waals surface area contributed by atoms with Crippen LogP contribution < -0.4 is 10.2 Å². The minimum Gasteiger partial charge on any atom is -0.372 e. The molecule has 3 heteroatoms. The van der Waals surface area contributed by atoms with E-state index in [1.54, 1.807) is 12.1 Å². The smallest absolute Gasteiger partial charge is 0.125 e. The van der Waals surface area contributed by atoms with Crippen LogP contribution in [0.1, 0.15) is 13.3 Å². The molecule has 1 aromatic rings. The summed E-state index contributed by atoms with van der Waals surface area (Å²) < 4.78 is 13.0. The summed E-state index contributed by atoms with van der Waals surface area (Å²) in [6.07, 6.45) is 1.07. The number of hydrogen-bond acceptors (Lipinski definition) is 2. The van der Waals surface area contributed by atoms with Crippen molar-refractivity contribution < 1.29 is 4.39 Å². The molecule has 0 bridgehead atoms. The van der Waals surface area contributed by atoms with Crippen molar-refractivity contribution in [1.82, 2.24) is 5.32 Å². The van der Waals surface area contributed by atoms with E-state index >= 15 is 0 Å². The van der Waals surface area contributed by atoms with E-state index in [4.69, 9.17) is 0 Å². The molecule has 0 saturated heterocycles. The number of hydrogen-bond donors (Lipinski definition) is 1. The van der Waals surface area contributed by atoms with E-state index in [1.807, 2.05) is 13.1 Å². The van der Waals surface area contributed by atoms with E-state index in [-0.39, 0.29) is 5.82 Å². The Hall–Kier alpha value is -1.09. The Bertz CT molecular complexity index is 289. The van der Waals surface area contributed by atoms with Gasteiger partial charge in [0.05, 0.1) is 0 Å². The molecule has 0 amide bonds. The summed E-state index contributed by atoms with van der Waals surface area (Å²) in [5.74, 6) is -0.167. The molecule has 0 aliphatic heterocycles. The van der Waals surface area contributed by atoms with Crippen molar-refractivity contribution in [3.63, 3.8) is 0 Å². The van der Waals surface area contributed by atoms with Gasteiger partial charge in [0, 0.05) is 18.8 Å². The summed E-state index contributed by atoms with van der Waals surface area (Å²) in [5, 5.41) is 3.11. The largest absolute Gasteiger partial charge is 0.372 e. The molecule has 0 aliphatic carbocycles. The van der Waals surface area contributed by atoms with E-state index in [9.17, 15) is 4.39 Å². The van der Waals surface area contributed by atoms with Gasteiger partial charge in [0.2, 0.25) is 0 Å². The van der Waals surface area contributed by atoms with Gasteiger partial charge in [0.15, 0.2) is 0 Å². The molecule has 0 aromatic heterocycles. The molecule has 1 aromatic carbocycles. The van der Waals surface area contributed by atoms with Gasteiger partial charge in [-0.05, 0) is 45.1 Å². The second-order valence-corrected chi connectivity index (χ2v) is 3.52. The van der Waals surface area contributed by atoms with Gasteiger partial charge >= 0.3 is 0 Å². The van der Waals surface area contributed by atoms with Gasteiger partial charge in [0.25, 0.3) is 0 Å². The van der Waals surface area contributed by atoms with Crippen molar-refractivity contribution in [1.29, 1.82) is 0 Å². The molecule has 1 rings (SSSR count). The molecule has 2 nitrogen and oxygen atoms in total. The van der Waals surface area contributed by atoms with Crippen LogP contribution in [-0.2, 0) is 0 Å². The van der Waals surface area contributed by atoms with Crippen LogP contribution in [-0.4, -0.2) is 26.7 Å². The first kappa shape index (κ1) is 12.0. The third-order valence-corrected chi connectivity index (χ3v) is 2.41. The average Bonchev–Trinajstić information content (AvgIpc) is 2.24. The zero-order valence-corrected chi connectivity index (χ0v) is 9.46. The quantitative estimate of drug-likeness (QED) is 0.724. The first-order valence-corrected chi connectivity index (χ1v) is 5.43. The van der Waals surface area contributed by atoms with E-state index in [2.05, 4.69) is 17.1 Å². The van der Waals surface area contributed by atoms with Gasteiger partial charge in [-0.25, -0.2) is 4.39 Å². The predicted molar refractivity (Wildman–Crippen MR) is 62.8 cm³/mol. The molecule has 0 spiro atoms. The lowest BCUT2D eigenvalue weighted by molar-refractivity contribution is 0.625. The van der Waals surface area contributed by atoms with Crippen molar-refractivity contribution in [2.75, 3.05) is 31.6 Å². The monoisotopic (exact) mass is 210 g/mol. The molecule has 15 heavy (non-hydrogen) atoms. The molecule has 0 aliphatic rings. The molecule has 0 fully saturated rings. The Labute approximate surface area is 91.1 Å². The van der Waals surface area contributed by atoms with Crippen LogP contribution >= 0.6 is 0 Å². The van der Waals surface area contributed by atoms with Crippen LogP contribution in [0.15, 0.2) is 24.3 Å². The average molecular weight is 210 g/mol. The zero-order valence-electron chi connectivity index (χ0n) is 9.46. The van der Waals surface area contributed by atoms with E-state index < -0.39 is 0 Å². The summed E-state index contributed by atoms with van der Waals surface area (Å²) in [6, 6.07) is 6.77. The van der Waals surface area contributed by atoms with Crippen LogP contribution in [0, 0.1) is 5.82 Å². The maximum absolute atomic E-state index is 13.0. The van der Waals surface area contributed by atoms with Crippen molar-refractivity contribution >= 4 is 5.69 Å². The lowest BCUT2D eigenvalue weighted by Crippen LogP contribution is -2.26. The molecule has 0 unspecified atom stereocenters. The normalized spacial score (nSPS) is 10.3. The molecule has 0 heterocycles. The minimum atomic E-state index is -0.167. The molecular formula is C12H19FN2.